The van der Waals surface area contributed by atoms with Crippen molar-refractivity contribution in [3.8, 4) is 11.4 Å². The lowest BCUT2D eigenvalue weighted by Crippen LogP contribution is -2.21. The van der Waals surface area contributed by atoms with Gasteiger partial charge in [0.15, 0.2) is 5.82 Å². The Balaban J connectivity index is 2.29. The summed E-state index contributed by atoms with van der Waals surface area (Å²) in [6.45, 7) is 6.47. The lowest BCUT2D eigenvalue weighted by Gasteiger charge is -2.22. The third kappa shape index (κ3) is 2.01. The molecule has 3 rings (SSSR count). The molecule has 3 heteroatoms. The Kier molecular flexibility index (Phi) is 2.63. The Hall–Kier alpha value is -2.16. The number of fused-ring (bicyclic) bond motifs is 1. The molecule has 0 saturated carbocycles. The van der Waals surface area contributed by atoms with Crippen LogP contribution in [-0.2, 0) is 5.54 Å². The molecule has 0 radical (unpaired) electrons. The average Bonchev–Trinajstić information content (AvgIpc) is 2.87. The number of hydrogen-bond donors (Lipinski definition) is 0. The summed E-state index contributed by atoms with van der Waals surface area (Å²) in [6.07, 6.45) is 1.80. The summed E-state index contributed by atoms with van der Waals surface area (Å²) < 4.78 is 2.12. The summed E-state index contributed by atoms with van der Waals surface area (Å²) in [6, 6.07) is 14.7. The highest BCUT2D eigenvalue weighted by Crippen LogP contribution is 2.29. The van der Waals surface area contributed by atoms with Crippen LogP contribution in [0, 0.1) is 0 Å². The van der Waals surface area contributed by atoms with Crippen LogP contribution in [0.1, 0.15) is 20.8 Å². The molecule has 0 N–H and O–H groups in total. The Labute approximate surface area is 112 Å². The Morgan fingerprint density at radius 3 is 2.47 bits per heavy atom. The van der Waals surface area contributed by atoms with Gasteiger partial charge in [-0.05, 0) is 31.5 Å². The van der Waals surface area contributed by atoms with Gasteiger partial charge < -0.3 is 4.57 Å². The molecule has 0 atom stereocenters. The van der Waals surface area contributed by atoms with E-state index >= 15 is 0 Å². The molecule has 2 aromatic carbocycles. The van der Waals surface area contributed by atoms with Crippen molar-refractivity contribution in [1.29, 1.82) is 0 Å². The number of nitrogens with zero attached hydrogens (tertiary/aromatic N) is 3. The third-order valence-electron chi connectivity index (χ3n) is 3.30. The van der Waals surface area contributed by atoms with Crippen LogP contribution >= 0.6 is 0 Å². The van der Waals surface area contributed by atoms with Crippen molar-refractivity contribution in [3.05, 3.63) is 48.8 Å². The molecule has 0 spiro atoms. The molecule has 0 aliphatic rings. The molecular weight excluding hydrogens is 234 g/mol. The van der Waals surface area contributed by atoms with Crippen LogP contribution in [0.5, 0.6) is 0 Å². The largest absolute Gasteiger partial charge is 0.308 e. The molecule has 0 fully saturated rings. The van der Waals surface area contributed by atoms with Gasteiger partial charge in [0.2, 0.25) is 0 Å². The van der Waals surface area contributed by atoms with Crippen LogP contribution in [0.2, 0.25) is 0 Å². The maximum atomic E-state index is 4.32. The fourth-order valence-electron chi connectivity index (χ4n) is 2.33. The van der Waals surface area contributed by atoms with Crippen LogP contribution in [-0.4, -0.2) is 14.8 Å². The second kappa shape index (κ2) is 4.19. The van der Waals surface area contributed by atoms with Crippen LogP contribution < -0.4 is 0 Å². The molecule has 19 heavy (non-hydrogen) atoms. The molecule has 0 amide bonds. The molecule has 1 aromatic heterocycles. The molecule has 0 saturated heterocycles. The molecule has 0 unspecified atom stereocenters. The minimum Gasteiger partial charge on any atom is -0.308 e. The summed E-state index contributed by atoms with van der Waals surface area (Å²) in [4.78, 5) is 0. The van der Waals surface area contributed by atoms with Gasteiger partial charge in [0.25, 0.3) is 0 Å². The second-order valence-corrected chi connectivity index (χ2v) is 5.72. The first-order valence-electron chi connectivity index (χ1n) is 6.46. The zero-order valence-electron chi connectivity index (χ0n) is 11.5. The summed E-state index contributed by atoms with van der Waals surface area (Å²) in [7, 11) is 0. The van der Waals surface area contributed by atoms with Crippen LogP contribution in [0.3, 0.4) is 0 Å². The molecule has 1 heterocycles. The first kappa shape index (κ1) is 11.9. The summed E-state index contributed by atoms with van der Waals surface area (Å²) >= 11 is 0. The molecule has 96 valence electrons. The van der Waals surface area contributed by atoms with E-state index in [-0.39, 0.29) is 5.54 Å². The fraction of sp³-hybridized carbons (Fsp3) is 0.250. The predicted molar refractivity (Wildman–Crippen MR) is 78.0 cm³/mol. The number of rotatable bonds is 1. The minimum absolute atomic E-state index is 0.0320. The van der Waals surface area contributed by atoms with E-state index in [0.29, 0.717) is 0 Å². The zero-order chi connectivity index (χ0) is 13.5. The van der Waals surface area contributed by atoms with E-state index in [2.05, 4.69) is 78.0 Å². The van der Waals surface area contributed by atoms with Gasteiger partial charge in [0, 0.05) is 11.1 Å². The van der Waals surface area contributed by atoms with Crippen molar-refractivity contribution in [2.45, 2.75) is 26.3 Å². The maximum absolute atomic E-state index is 4.32. The average molecular weight is 251 g/mol. The highest BCUT2D eigenvalue weighted by molar-refractivity contribution is 5.95. The van der Waals surface area contributed by atoms with Gasteiger partial charge in [-0.2, -0.15) is 0 Å². The molecule has 0 aliphatic heterocycles. The summed E-state index contributed by atoms with van der Waals surface area (Å²) in [5.74, 6) is 0.921. The molecule has 0 aliphatic carbocycles. The lowest BCUT2D eigenvalue weighted by molar-refractivity contribution is 0.400. The molecule has 0 bridgehead atoms. The Bertz CT molecular complexity index is 715. The SMILES string of the molecule is CC(C)(C)n1cnnc1-c1cccc2ccccc12. The van der Waals surface area contributed by atoms with E-state index in [0.717, 1.165) is 11.4 Å². The molecular formula is C16H17N3. The molecule has 3 nitrogen and oxygen atoms in total. The van der Waals surface area contributed by atoms with E-state index in [9.17, 15) is 0 Å². The van der Waals surface area contributed by atoms with Gasteiger partial charge in [0.1, 0.15) is 6.33 Å². The topological polar surface area (TPSA) is 30.7 Å². The maximum Gasteiger partial charge on any atom is 0.164 e. The van der Waals surface area contributed by atoms with Gasteiger partial charge in [0.05, 0.1) is 0 Å². The smallest absolute Gasteiger partial charge is 0.164 e. The van der Waals surface area contributed by atoms with Crippen LogP contribution in [0.25, 0.3) is 22.2 Å². The first-order chi connectivity index (χ1) is 9.07. The van der Waals surface area contributed by atoms with E-state index in [4.69, 9.17) is 0 Å². The summed E-state index contributed by atoms with van der Waals surface area (Å²) in [5, 5.41) is 10.8. The van der Waals surface area contributed by atoms with Crippen molar-refractivity contribution >= 4 is 10.8 Å². The van der Waals surface area contributed by atoms with Gasteiger partial charge >= 0.3 is 0 Å². The zero-order valence-corrected chi connectivity index (χ0v) is 11.5. The van der Waals surface area contributed by atoms with Gasteiger partial charge in [-0.25, -0.2) is 0 Å². The standard InChI is InChI=1S/C16H17N3/c1-16(2,3)19-11-17-18-15(19)14-10-6-8-12-7-4-5-9-13(12)14/h4-11H,1-3H3. The summed E-state index contributed by atoms with van der Waals surface area (Å²) in [5.41, 5.74) is 1.10. The van der Waals surface area contributed by atoms with Gasteiger partial charge in [-0.15, -0.1) is 10.2 Å². The quantitative estimate of drug-likeness (QED) is 0.657. The van der Waals surface area contributed by atoms with E-state index < -0.39 is 0 Å². The normalized spacial score (nSPS) is 11.9. The number of hydrogen-bond acceptors (Lipinski definition) is 2. The van der Waals surface area contributed by atoms with Crippen molar-refractivity contribution in [2.24, 2.45) is 0 Å². The highest BCUT2D eigenvalue weighted by Gasteiger charge is 2.19. The first-order valence-corrected chi connectivity index (χ1v) is 6.46. The van der Waals surface area contributed by atoms with Crippen LogP contribution in [0.4, 0.5) is 0 Å². The van der Waals surface area contributed by atoms with Gasteiger partial charge in [-0.1, -0.05) is 42.5 Å². The van der Waals surface area contributed by atoms with E-state index in [1.54, 1.807) is 6.33 Å². The molecule has 3 aromatic rings. The highest BCUT2D eigenvalue weighted by atomic mass is 15.3. The second-order valence-electron chi connectivity index (χ2n) is 5.72. The lowest BCUT2D eigenvalue weighted by atomic mass is 10.0. The van der Waals surface area contributed by atoms with Crippen molar-refractivity contribution in [3.63, 3.8) is 0 Å². The van der Waals surface area contributed by atoms with Crippen molar-refractivity contribution in [2.75, 3.05) is 0 Å². The van der Waals surface area contributed by atoms with Gasteiger partial charge in [-0.3, -0.25) is 0 Å². The fourth-order valence-corrected chi connectivity index (χ4v) is 2.33. The number of aromatic nitrogens is 3. The third-order valence-corrected chi connectivity index (χ3v) is 3.30. The van der Waals surface area contributed by atoms with Crippen molar-refractivity contribution < 1.29 is 0 Å². The Morgan fingerprint density at radius 1 is 0.947 bits per heavy atom. The monoisotopic (exact) mass is 251 g/mol. The van der Waals surface area contributed by atoms with E-state index in [1.807, 2.05) is 0 Å². The predicted octanol–water partition coefficient (Wildman–Crippen LogP) is 3.85. The number of benzene rings is 2. The van der Waals surface area contributed by atoms with Crippen LogP contribution in [0.15, 0.2) is 48.8 Å². The minimum atomic E-state index is -0.0320. The van der Waals surface area contributed by atoms with E-state index in [1.165, 1.54) is 10.8 Å². The van der Waals surface area contributed by atoms with Crippen molar-refractivity contribution in [1.82, 2.24) is 14.8 Å². The Morgan fingerprint density at radius 2 is 1.68 bits per heavy atom.